The number of rotatable bonds is 4. The zero-order valence-corrected chi connectivity index (χ0v) is 11.7. The van der Waals surface area contributed by atoms with Crippen LogP contribution in [0.3, 0.4) is 0 Å². The van der Waals surface area contributed by atoms with E-state index in [1.165, 1.54) is 6.07 Å². The predicted octanol–water partition coefficient (Wildman–Crippen LogP) is 3.26. The maximum atomic E-state index is 13.4. The van der Waals surface area contributed by atoms with Crippen LogP contribution in [-0.4, -0.2) is 24.4 Å². The van der Waals surface area contributed by atoms with E-state index in [1.807, 2.05) is 0 Å². The summed E-state index contributed by atoms with van der Waals surface area (Å²) in [5.41, 5.74) is 0.692. The third kappa shape index (κ3) is 4.86. The van der Waals surface area contributed by atoms with Crippen molar-refractivity contribution in [2.45, 2.75) is 33.6 Å². The van der Waals surface area contributed by atoms with Crippen LogP contribution >= 0.6 is 0 Å². The molecule has 0 aromatic heterocycles. The van der Waals surface area contributed by atoms with Gasteiger partial charge in [0.05, 0.1) is 0 Å². The summed E-state index contributed by atoms with van der Waals surface area (Å²) < 4.78 is 13.4. The molecule has 1 amide bonds. The summed E-state index contributed by atoms with van der Waals surface area (Å²) in [5, 5.41) is 0. The number of hydrogen-bond acceptors (Lipinski definition) is 1. The quantitative estimate of drug-likeness (QED) is 0.804. The van der Waals surface area contributed by atoms with Crippen LogP contribution in [0.2, 0.25) is 0 Å². The van der Waals surface area contributed by atoms with E-state index in [1.54, 1.807) is 30.1 Å². The lowest BCUT2D eigenvalue weighted by atomic mass is 9.96. The number of hydrogen-bond donors (Lipinski definition) is 0. The van der Waals surface area contributed by atoms with Crippen LogP contribution in [0.1, 0.15) is 32.8 Å². The normalized spacial score (nSPS) is 11.4. The summed E-state index contributed by atoms with van der Waals surface area (Å²) in [6, 6.07) is 6.61. The number of benzene rings is 1. The maximum Gasteiger partial charge on any atom is 0.222 e. The zero-order valence-electron chi connectivity index (χ0n) is 11.7. The number of carbonyl (C=O) groups excluding carboxylic acids is 1. The predicted molar refractivity (Wildman–Crippen MR) is 71.8 cm³/mol. The van der Waals surface area contributed by atoms with Gasteiger partial charge in [-0.05, 0) is 23.5 Å². The van der Waals surface area contributed by atoms with Crippen molar-refractivity contribution < 1.29 is 9.18 Å². The number of aryl methyl sites for hydroxylation is 1. The molecule has 0 fully saturated rings. The average molecular weight is 251 g/mol. The first-order valence-corrected chi connectivity index (χ1v) is 6.27. The second-order valence-corrected chi connectivity index (χ2v) is 5.90. The minimum atomic E-state index is -0.233. The molecule has 0 heterocycles. The van der Waals surface area contributed by atoms with Crippen LogP contribution in [-0.2, 0) is 11.2 Å². The van der Waals surface area contributed by atoms with E-state index in [9.17, 15) is 9.18 Å². The molecule has 1 aromatic carbocycles. The van der Waals surface area contributed by atoms with Gasteiger partial charge in [0.1, 0.15) is 5.82 Å². The molecule has 0 spiro atoms. The third-order valence-electron chi connectivity index (χ3n) is 2.70. The Kier molecular flexibility index (Phi) is 4.88. The highest BCUT2D eigenvalue weighted by molar-refractivity contribution is 5.76. The van der Waals surface area contributed by atoms with E-state index in [-0.39, 0.29) is 17.1 Å². The van der Waals surface area contributed by atoms with Gasteiger partial charge in [-0.3, -0.25) is 4.79 Å². The summed E-state index contributed by atoms with van der Waals surface area (Å²) >= 11 is 0. The fraction of sp³-hybridized carbons (Fsp3) is 0.533. The number of carbonyl (C=O) groups is 1. The van der Waals surface area contributed by atoms with Crippen molar-refractivity contribution in [2.75, 3.05) is 13.6 Å². The topological polar surface area (TPSA) is 20.3 Å². The van der Waals surface area contributed by atoms with Crippen molar-refractivity contribution in [1.82, 2.24) is 4.90 Å². The Morgan fingerprint density at radius 1 is 1.28 bits per heavy atom. The van der Waals surface area contributed by atoms with E-state index < -0.39 is 0 Å². The monoisotopic (exact) mass is 251 g/mol. The van der Waals surface area contributed by atoms with Gasteiger partial charge in [-0.15, -0.1) is 0 Å². The first-order valence-electron chi connectivity index (χ1n) is 6.27. The largest absolute Gasteiger partial charge is 0.345 e. The van der Waals surface area contributed by atoms with Crippen molar-refractivity contribution in [3.05, 3.63) is 35.6 Å². The van der Waals surface area contributed by atoms with Crippen LogP contribution in [0.5, 0.6) is 0 Å². The molecule has 2 nitrogen and oxygen atoms in total. The number of nitrogens with zero attached hydrogens (tertiary/aromatic N) is 1. The van der Waals surface area contributed by atoms with Gasteiger partial charge in [0.2, 0.25) is 5.91 Å². The smallest absolute Gasteiger partial charge is 0.222 e. The van der Waals surface area contributed by atoms with Gasteiger partial charge in [-0.2, -0.15) is 0 Å². The Morgan fingerprint density at radius 3 is 2.44 bits per heavy atom. The molecule has 3 heteroatoms. The lowest BCUT2D eigenvalue weighted by molar-refractivity contribution is -0.131. The highest BCUT2D eigenvalue weighted by Crippen LogP contribution is 2.15. The van der Waals surface area contributed by atoms with E-state index in [0.29, 0.717) is 24.9 Å². The molecule has 1 rings (SSSR count). The molecule has 0 unspecified atom stereocenters. The van der Waals surface area contributed by atoms with Crippen LogP contribution in [0.4, 0.5) is 4.39 Å². The SMILES string of the molecule is CN(CC(C)(C)C)C(=O)CCc1ccccc1F. The highest BCUT2D eigenvalue weighted by Gasteiger charge is 2.17. The third-order valence-corrected chi connectivity index (χ3v) is 2.70. The van der Waals surface area contributed by atoms with Gasteiger partial charge in [0.15, 0.2) is 0 Å². The van der Waals surface area contributed by atoms with Gasteiger partial charge in [0.25, 0.3) is 0 Å². The fourth-order valence-corrected chi connectivity index (χ4v) is 1.93. The van der Waals surface area contributed by atoms with Crippen LogP contribution in [0, 0.1) is 11.2 Å². The van der Waals surface area contributed by atoms with Gasteiger partial charge < -0.3 is 4.90 Å². The summed E-state index contributed by atoms with van der Waals surface area (Å²) in [5.74, 6) is -0.169. The molecule has 1 aromatic rings. The molecular formula is C15H22FNO. The standard InChI is InChI=1S/C15H22FNO/c1-15(2,3)11-17(4)14(18)10-9-12-7-5-6-8-13(12)16/h5-8H,9-11H2,1-4H3. The van der Waals surface area contributed by atoms with E-state index in [0.717, 1.165) is 0 Å². The van der Waals surface area contributed by atoms with Gasteiger partial charge in [0, 0.05) is 20.0 Å². The van der Waals surface area contributed by atoms with Gasteiger partial charge in [-0.25, -0.2) is 4.39 Å². The van der Waals surface area contributed by atoms with Gasteiger partial charge in [-0.1, -0.05) is 39.0 Å². The summed E-state index contributed by atoms with van der Waals surface area (Å²) in [6.45, 7) is 6.98. The molecule has 0 aliphatic carbocycles. The van der Waals surface area contributed by atoms with Crippen molar-refractivity contribution in [2.24, 2.45) is 5.41 Å². The Bertz CT molecular complexity index is 409. The molecule has 0 aliphatic rings. The molecule has 0 aliphatic heterocycles. The Labute approximate surface area is 109 Å². The molecule has 0 atom stereocenters. The highest BCUT2D eigenvalue weighted by atomic mass is 19.1. The van der Waals surface area contributed by atoms with E-state index in [4.69, 9.17) is 0 Å². The minimum absolute atomic E-state index is 0.0631. The summed E-state index contributed by atoms with van der Waals surface area (Å²) in [4.78, 5) is 13.6. The number of amides is 1. The van der Waals surface area contributed by atoms with Crippen LogP contribution in [0.15, 0.2) is 24.3 Å². The van der Waals surface area contributed by atoms with Crippen molar-refractivity contribution >= 4 is 5.91 Å². The van der Waals surface area contributed by atoms with Crippen LogP contribution < -0.4 is 0 Å². The average Bonchev–Trinajstić information content (AvgIpc) is 2.25. The second kappa shape index (κ2) is 5.98. The number of halogens is 1. The van der Waals surface area contributed by atoms with Crippen molar-refractivity contribution in [1.29, 1.82) is 0 Å². The lowest BCUT2D eigenvalue weighted by Gasteiger charge is -2.26. The first kappa shape index (κ1) is 14.7. The molecular weight excluding hydrogens is 229 g/mol. The zero-order chi connectivity index (χ0) is 13.8. The lowest BCUT2D eigenvalue weighted by Crippen LogP contribution is -2.34. The summed E-state index contributed by atoms with van der Waals surface area (Å²) in [7, 11) is 1.80. The molecule has 18 heavy (non-hydrogen) atoms. The fourth-order valence-electron chi connectivity index (χ4n) is 1.93. The van der Waals surface area contributed by atoms with Crippen molar-refractivity contribution in [3.8, 4) is 0 Å². The van der Waals surface area contributed by atoms with Gasteiger partial charge >= 0.3 is 0 Å². The molecule has 100 valence electrons. The molecule has 0 bridgehead atoms. The van der Waals surface area contributed by atoms with E-state index in [2.05, 4.69) is 20.8 Å². The molecule has 0 radical (unpaired) electrons. The summed E-state index contributed by atoms with van der Waals surface area (Å²) in [6.07, 6.45) is 0.813. The molecule has 0 saturated heterocycles. The maximum absolute atomic E-state index is 13.4. The Morgan fingerprint density at radius 2 is 1.89 bits per heavy atom. The van der Waals surface area contributed by atoms with Crippen molar-refractivity contribution in [3.63, 3.8) is 0 Å². The molecule has 0 saturated carbocycles. The van der Waals surface area contributed by atoms with Crippen LogP contribution in [0.25, 0.3) is 0 Å². The van der Waals surface area contributed by atoms with E-state index >= 15 is 0 Å². The minimum Gasteiger partial charge on any atom is -0.345 e. The second-order valence-electron chi connectivity index (χ2n) is 5.90. The Balaban J connectivity index is 2.49. The Hall–Kier alpha value is -1.38. The first-order chi connectivity index (χ1) is 8.29. The molecule has 0 N–H and O–H groups in total.